The molecule has 1 atom stereocenters. The third-order valence-corrected chi connectivity index (χ3v) is 1.74. The first-order chi connectivity index (χ1) is 5.65. The van der Waals surface area contributed by atoms with E-state index < -0.39 is 6.10 Å². The zero-order chi connectivity index (χ0) is 9.14. The SMILES string of the molecule is Cc1[nH]c(=O)ccc1C(O)CN. The molecule has 12 heavy (non-hydrogen) atoms. The van der Waals surface area contributed by atoms with E-state index in [0.717, 1.165) is 0 Å². The Morgan fingerprint density at radius 3 is 2.83 bits per heavy atom. The molecule has 1 aromatic rings. The van der Waals surface area contributed by atoms with Gasteiger partial charge in [-0.2, -0.15) is 0 Å². The van der Waals surface area contributed by atoms with Crippen molar-refractivity contribution in [2.75, 3.05) is 6.54 Å². The molecule has 0 saturated heterocycles. The third-order valence-electron chi connectivity index (χ3n) is 1.74. The molecule has 1 heterocycles. The number of rotatable bonds is 2. The van der Waals surface area contributed by atoms with Crippen molar-refractivity contribution in [3.63, 3.8) is 0 Å². The number of hydrogen-bond donors (Lipinski definition) is 3. The average molecular weight is 168 g/mol. The van der Waals surface area contributed by atoms with Gasteiger partial charge >= 0.3 is 0 Å². The number of aliphatic hydroxyl groups excluding tert-OH is 1. The molecule has 1 unspecified atom stereocenters. The molecule has 0 radical (unpaired) electrons. The van der Waals surface area contributed by atoms with Gasteiger partial charge < -0.3 is 15.8 Å². The monoisotopic (exact) mass is 168 g/mol. The second-order valence-electron chi connectivity index (χ2n) is 2.65. The van der Waals surface area contributed by atoms with Crippen LogP contribution in [0.1, 0.15) is 17.4 Å². The molecule has 66 valence electrons. The van der Waals surface area contributed by atoms with Gasteiger partial charge in [0.25, 0.3) is 0 Å². The summed E-state index contributed by atoms with van der Waals surface area (Å²) in [5.74, 6) is 0. The van der Waals surface area contributed by atoms with Crippen LogP contribution in [-0.4, -0.2) is 16.6 Å². The van der Waals surface area contributed by atoms with Gasteiger partial charge in [-0.25, -0.2) is 0 Å². The summed E-state index contributed by atoms with van der Waals surface area (Å²) in [5, 5.41) is 9.35. The largest absolute Gasteiger partial charge is 0.387 e. The summed E-state index contributed by atoms with van der Waals surface area (Å²) in [6.07, 6.45) is -0.693. The number of nitrogens with one attached hydrogen (secondary N) is 1. The van der Waals surface area contributed by atoms with E-state index in [1.807, 2.05) is 0 Å². The Kier molecular flexibility index (Phi) is 2.62. The number of pyridine rings is 1. The fourth-order valence-corrected chi connectivity index (χ4v) is 1.08. The van der Waals surface area contributed by atoms with Gasteiger partial charge in [0.05, 0.1) is 6.10 Å². The predicted octanol–water partition coefficient (Wildman–Crippen LogP) is -0.325. The van der Waals surface area contributed by atoms with E-state index in [1.54, 1.807) is 13.0 Å². The molecule has 0 aliphatic rings. The topological polar surface area (TPSA) is 79.1 Å². The van der Waals surface area contributed by atoms with Crippen LogP contribution < -0.4 is 11.3 Å². The number of aromatic nitrogens is 1. The highest BCUT2D eigenvalue weighted by Gasteiger charge is 2.07. The Morgan fingerprint density at radius 2 is 2.33 bits per heavy atom. The lowest BCUT2D eigenvalue weighted by Gasteiger charge is -2.09. The highest BCUT2D eigenvalue weighted by molar-refractivity contribution is 5.21. The fourth-order valence-electron chi connectivity index (χ4n) is 1.08. The van der Waals surface area contributed by atoms with Crippen LogP contribution in [-0.2, 0) is 0 Å². The highest BCUT2D eigenvalue weighted by atomic mass is 16.3. The molecule has 0 amide bonds. The van der Waals surface area contributed by atoms with Crippen LogP contribution in [0.3, 0.4) is 0 Å². The van der Waals surface area contributed by atoms with Crippen molar-refractivity contribution in [1.29, 1.82) is 0 Å². The number of nitrogens with two attached hydrogens (primary N) is 1. The average Bonchev–Trinajstić information content (AvgIpc) is 2.03. The summed E-state index contributed by atoms with van der Waals surface area (Å²) in [6, 6.07) is 2.97. The summed E-state index contributed by atoms with van der Waals surface area (Å²) < 4.78 is 0. The second kappa shape index (κ2) is 3.51. The van der Waals surface area contributed by atoms with Crippen molar-refractivity contribution in [3.8, 4) is 0 Å². The Bertz CT molecular complexity index is 319. The number of hydrogen-bond acceptors (Lipinski definition) is 3. The molecule has 4 heteroatoms. The quantitative estimate of drug-likeness (QED) is 0.566. The van der Waals surface area contributed by atoms with Crippen LogP contribution in [0, 0.1) is 6.92 Å². The van der Waals surface area contributed by atoms with Gasteiger partial charge in [-0.05, 0) is 13.0 Å². The molecular formula is C8H12N2O2. The lowest BCUT2D eigenvalue weighted by Crippen LogP contribution is -2.16. The Morgan fingerprint density at radius 1 is 1.67 bits per heavy atom. The van der Waals surface area contributed by atoms with Gasteiger partial charge in [-0.1, -0.05) is 0 Å². The van der Waals surface area contributed by atoms with Crippen molar-refractivity contribution in [2.45, 2.75) is 13.0 Å². The van der Waals surface area contributed by atoms with E-state index in [4.69, 9.17) is 5.73 Å². The summed E-state index contributed by atoms with van der Waals surface area (Å²) in [5.41, 5.74) is 6.45. The fraction of sp³-hybridized carbons (Fsp3) is 0.375. The maximum atomic E-state index is 10.8. The van der Waals surface area contributed by atoms with Crippen molar-refractivity contribution < 1.29 is 5.11 Å². The minimum absolute atomic E-state index is 0.160. The highest BCUT2D eigenvalue weighted by Crippen LogP contribution is 2.11. The van der Waals surface area contributed by atoms with E-state index >= 15 is 0 Å². The van der Waals surface area contributed by atoms with Gasteiger partial charge in [0.1, 0.15) is 0 Å². The summed E-state index contributed by atoms with van der Waals surface area (Å²) in [7, 11) is 0. The Balaban J connectivity index is 3.09. The minimum atomic E-state index is -0.693. The van der Waals surface area contributed by atoms with E-state index in [-0.39, 0.29) is 12.1 Å². The molecule has 0 aliphatic heterocycles. The first-order valence-electron chi connectivity index (χ1n) is 3.73. The molecule has 0 spiro atoms. The maximum Gasteiger partial charge on any atom is 0.248 e. The Hall–Kier alpha value is -1.13. The van der Waals surface area contributed by atoms with Gasteiger partial charge in [-0.3, -0.25) is 4.79 Å². The third kappa shape index (κ3) is 1.72. The predicted molar refractivity (Wildman–Crippen MR) is 45.8 cm³/mol. The molecule has 0 bridgehead atoms. The molecule has 0 aromatic carbocycles. The number of aromatic amines is 1. The first-order valence-corrected chi connectivity index (χ1v) is 3.73. The zero-order valence-electron chi connectivity index (χ0n) is 6.87. The molecule has 1 rings (SSSR count). The summed E-state index contributed by atoms with van der Waals surface area (Å²) >= 11 is 0. The van der Waals surface area contributed by atoms with Crippen LogP contribution >= 0.6 is 0 Å². The summed E-state index contributed by atoms with van der Waals surface area (Å²) in [4.78, 5) is 13.4. The van der Waals surface area contributed by atoms with Crippen LogP contribution in [0.25, 0.3) is 0 Å². The maximum absolute atomic E-state index is 10.8. The molecule has 4 nitrogen and oxygen atoms in total. The van der Waals surface area contributed by atoms with E-state index in [1.165, 1.54) is 6.07 Å². The van der Waals surface area contributed by atoms with Crippen molar-refractivity contribution in [2.24, 2.45) is 5.73 Å². The molecular weight excluding hydrogens is 156 g/mol. The van der Waals surface area contributed by atoms with Crippen molar-refractivity contribution >= 4 is 0 Å². The zero-order valence-corrected chi connectivity index (χ0v) is 6.87. The summed E-state index contributed by atoms with van der Waals surface area (Å²) in [6.45, 7) is 1.89. The number of H-pyrrole nitrogens is 1. The molecule has 4 N–H and O–H groups in total. The number of aliphatic hydroxyl groups is 1. The normalized spacial score (nSPS) is 12.9. The molecule has 1 aromatic heterocycles. The van der Waals surface area contributed by atoms with E-state index in [9.17, 15) is 9.90 Å². The minimum Gasteiger partial charge on any atom is -0.387 e. The van der Waals surface area contributed by atoms with Crippen LogP contribution in [0.2, 0.25) is 0 Å². The standard InChI is InChI=1S/C8H12N2O2/c1-5-6(7(11)4-9)2-3-8(12)10-5/h2-3,7,11H,4,9H2,1H3,(H,10,12). The van der Waals surface area contributed by atoms with Crippen LogP contribution in [0.15, 0.2) is 16.9 Å². The van der Waals surface area contributed by atoms with E-state index in [0.29, 0.717) is 11.3 Å². The van der Waals surface area contributed by atoms with Crippen LogP contribution in [0.5, 0.6) is 0 Å². The molecule has 0 aliphatic carbocycles. The van der Waals surface area contributed by atoms with Gasteiger partial charge in [0.15, 0.2) is 0 Å². The Labute approximate surface area is 70.0 Å². The van der Waals surface area contributed by atoms with Crippen molar-refractivity contribution in [3.05, 3.63) is 33.7 Å². The lowest BCUT2D eigenvalue weighted by molar-refractivity contribution is 0.185. The van der Waals surface area contributed by atoms with Gasteiger partial charge in [-0.15, -0.1) is 0 Å². The van der Waals surface area contributed by atoms with Crippen molar-refractivity contribution in [1.82, 2.24) is 4.98 Å². The smallest absolute Gasteiger partial charge is 0.248 e. The van der Waals surface area contributed by atoms with Gasteiger partial charge in [0, 0.05) is 23.9 Å². The second-order valence-corrected chi connectivity index (χ2v) is 2.65. The number of aryl methyl sites for hydroxylation is 1. The lowest BCUT2D eigenvalue weighted by atomic mass is 10.1. The van der Waals surface area contributed by atoms with Crippen LogP contribution in [0.4, 0.5) is 0 Å². The molecule has 0 saturated carbocycles. The first kappa shape index (κ1) is 8.96. The van der Waals surface area contributed by atoms with Gasteiger partial charge in [0.2, 0.25) is 5.56 Å². The van der Waals surface area contributed by atoms with E-state index in [2.05, 4.69) is 4.98 Å². The molecule has 0 fully saturated rings.